The molecule has 0 aliphatic rings. The molecule has 0 aromatic carbocycles. The lowest BCUT2D eigenvalue weighted by atomic mass is 10.5. The van der Waals surface area contributed by atoms with Gasteiger partial charge < -0.3 is 10.3 Å². The molecule has 0 aromatic rings. The molecule has 0 heterocycles. The third kappa shape index (κ3) is 3.43. The molecule has 36 valence electrons. The number of aliphatic hydroxyl groups is 1. The highest BCUT2D eigenvalue weighted by Crippen LogP contribution is 1.67. The minimum absolute atomic E-state index is 0.644. The Morgan fingerprint density at radius 2 is 2.33 bits per heavy atom. The molecule has 0 aliphatic heterocycles. The summed E-state index contributed by atoms with van der Waals surface area (Å²) in [5.74, 6) is 0. The SMILES string of the molecule is CC(O)/C=N/O. The van der Waals surface area contributed by atoms with E-state index in [0.29, 0.717) is 0 Å². The summed E-state index contributed by atoms with van der Waals surface area (Å²) < 4.78 is 0. The Bertz CT molecular complexity index is 50.8. The monoisotopic (exact) mass is 89.0 g/mol. The summed E-state index contributed by atoms with van der Waals surface area (Å²) in [6.45, 7) is 1.50. The van der Waals surface area contributed by atoms with Crippen molar-refractivity contribution in [3.05, 3.63) is 0 Å². The van der Waals surface area contributed by atoms with Crippen LogP contribution in [0.25, 0.3) is 0 Å². The van der Waals surface area contributed by atoms with Gasteiger partial charge in [0.25, 0.3) is 0 Å². The molecule has 1 unspecified atom stereocenters. The highest BCUT2D eigenvalue weighted by Gasteiger charge is 1.81. The Labute approximate surface area is 35.9 Å². The molecular weight excluding hydrogens is 82.0 g/mol. The molecule has 0 aromatic heterocycles. The Balaban J connectivity index is 3.03. The number of hydrogen-bond donors (Lipinski definition) is 2. The van der Waals surface area contributed by atoms with Gasteiger partial charge in [0.05, 0.1) is 12.3 Å². The predicted molar refractivity (Wildman–Crippen MR) is 22.0 cm³/mol. The molecule has 2 N–H and O–H groups in total. The van der Waals surface area contributed by atoms with Crippen LogP contribution in [0, 0.1) is 0 Å². The Morgan fingerprint density at radius 1 is 1.83 bits per heavy atom. The van der Waals surface area contributed by atoms with E-state index in [4.69, 9.17) is 10.3 Å². The molecule has 0 saturated heterocycles. The van der Waals surface area contributed by atoms with Crippen LogP contribution in [0.5, 0.6) is 0 Å². The average Bonchev–Trinajstić information content (AvgIpc) is 1.35. The van der Waals surface area contributed by atoms with Gasteiger partial charge in [-0.15, -0.1) is 0 Å². The zero-order valence-corrected chi connectivity index (χ0v) is 3.50. The minimum atomic E-state index is -0.644. The van der Waals surface area contributed by atoms with Crippen molar-refractivity contribution in [2.45, 2.75) is 13.0 Å². The highest BCUT2D eigenvalue weighted by atomic mass is 16.4. The Morgan fingerprint density at radius 3 is 2.33 bits per heavy atom. The van der Waals surface area contributed by atoms with Crippen molar-refractivity contribution in [1.82, 2.24) is 0 Å². The van der Waals surface area contributed by atoms with Crippen molar-refractivity contribution in [1.29, 1.82) is 0 Å². The van der Waals surface area contributed by atoms with Gasteiger partial charge in [0.1, 0.15) is 0 Å². The number of oxime groups is 1. The van der Waals surface area contributed by atoms with Crippen molar-refractivity contribution in [3.8, 4) is 0 Å². The van der Waals surface area contributed by atoms with Gasteiger partial charge in [-0.2, -0.15) is 0 Å². The molecular formula is C3H7NO2. The summed E-state index contributed by atoms with van der Waals surface area (Å²) in [6.07, 6.45) is 0.384. The van der Waals surface area contributed by atoms with Gasteiger partial charge in [0.15, 0.2) is 0 Å². The van der Waals surface area contributed by atoms with E-state index in [0.717, 1.165) is 6.21 Å². The van der Waals surface area contributed by atoms with Crippen LogP contribution in [-0.4, -0.2) is 22.6 Å². The first kappa shape index (κ1) is 5.43. The molecule has 6 heavy (non-hydrogen) atoms. The fourth-order valence-electron chi connectivity index (χ4n) is 0.0965. The quantitative estimate of drug-likeness (QED) is 0.266. The van der Waals surface area contributed by atoms with Crippen LogP contribution in [0.15, 0.2) is 5.16 Å². The van der Waals surface area contributed by atoms with Crippen LogP contribution < -0.4 is 0 Å². The molecule has 0 radical (unpaired) electrons. The number of nitrogens with zero attached hydrogens (tertiary/aromatic N) is 1. The normalized spacial score (nSPS) is 15.7. The van der Waals surface area contributed by atoms with Gasteiger partial charge in [-0.1, -0.05) is 5.16 Å². The maximum absolute atomic E-state index is 8.24. The van der Waals surface area contributed by atoms with Gasteiger partial charge in [-0.05, 0) is 6.92 Å². The van der Waals surface area contributed by atoms with Crippen molar-refractivity contribution < 1.29 is 10.3 Å². The fourth-order valence-corrected chi connectivity index (χ4v) is 0.0965. The van der Waals surface area contributed by atoms with E-state index in [9.17, 15) is 0 Å². The third-order valence-corrected chi connectivity index (χ3v) is 0.282. The molecule has 1 atom stereocenters. The van der Waals surface area contributed by atoms with Crippen molar-refractivity contribution in [2.75, 3.05) is 0 Å². The molecule has 3 heteroatoms. The highest BCUT2D eigenvalue weighted by molar-refractivity contribution is 5.60. The van der Waals surface area contributed by atoms with E-state index in [-0.39, 0.29) is 0 Å². The van der Waals surface area contributed by atoms with E-state index < -0.39 is 6.10 Å². The topological polar surface area (TPSA) is 52.8 Å². The van der Waals surface area contributed by atoms with E-state index >= 15 is 0 Å². The molecule has 3 nitrogen and oxygen atoms in total. The third-order valence-electron chi connectivity index (χ3n) is 0.282. The van der Waals surface area contributed by atoms with Crippen LogP contribution in [0.3, 0.4) is 0 Å². The Hall–Kier alpha value is -0.570. The zero-order valence-electron chi connectivity index (χ0n) is 3.50. The standard InChI is InChI=1S/C3H7NO2/c1-3(5)2-4-6/h2-3,5-6H,1H3/b4-2+. The Kier molecular flexibility index (Phi) is 2.40. The molecule has 0 rings (SSSR count). The first-order valence-corrected chi connectivity index (χ1v) is 1.63. The second-order valence-corrected chi connectivity index (χ2v) is 1.01. The number of rotatable bonds is 1. The molecule has 0 spiro atoms. The maximum atomic E-state index is 8.24. The van der Waals surface area contributed by atoms with Gasteiger partial charge in [0.2, 0.25) is 0 Å². The van der Waals surface area contributed by atoms with Crippen molar-refractivity contribution >= 4 is 6.21 Å². The minimum Gasteiger partial charge on any atom is -0.411 e. The van der Waals surface area contributed by atoms with Gasteiger partial charge >= 0.3 is 0 Å². The lowest BCUT2D eigenvalue weighted by molar-refractivity contribution is 0.254. The van der Waals surface area contributed by atoms with Gasteiger partial charge in [0, 0.05) is 0 Å². The first-order valence-electron chi connectivity index (χ1n) is 1.63. The molecule has 0 fully saturated rings. The first-order chi connectivity index (χ1) is 2.77. The van der Waals surface area contributed by atoms with Crippen molar-refractivity contribution in [2.24, 2.45) is 5.16 Å². The predicted octanol–water partition coefficient (Wildman–Crippen LogP) is -0.173. The second kappa shape index (κ2) is 2.66. The van der Waals surface area contributed by atoms with E-state index in [1.165, 1.54) is 6.92 Å². The van der Waals surface area contributed by atoms with E-state index in [2.05, 4.69) is 5.16 Å². The second-order valence-electron chi connectivity index (χ2n) is 1.01. The lowest BCUT2D eigenvalue weighted by Gasteiger charge is -1.84. The van der Waals surface area contributed by atoms with Crippen molar-refractivity contribution in [3.63, 3.8) is 0 Å². The van der Waals surface area contributed by atoms with Crippen LogP contribution in [0.1, 0.15) is 6.92 Å². The summed E-state index contributed by atoms with van der Waals surface area (Å²) in [7, 11) is 0. The van der Waals surface area contributed by atoms with Gasteiger partial charge in [-0.25, -0.2) is 0 Å². The molecule has 0 aliphatic carbocycles. The molecule has 0 saturated carbocycles. The number of aliphatic hydroxyl groups excluding tert-OH is 1. The fraction of sp³-hybridized carbons (Fsp3) is 0.667. The summed E-state index contributed by atoms with van der Waals surface area (Å²) in [5.41, 5.74) is 0. The smallest absolute Gasteiger partial charge is 0.0896 e. The maximum Gasteiger partial charge on any atom is 0.0896 e. The largest absolute Gasteiger partial charge is 0.411 e. The lowest BCUT2D eigenvalue weighted by Crippen LogP contribution is -1.98. The van der Waals surface area contributed by atoms with E-state index in [1.807, 2.05) is 0 Å². The summed E-state index contributed by atoms with van der Waals surface area (Å²) in [6, 6.07) is 0. The average molecular weight is 89.1 g/mol. The van der Waals surface area contributed by atoms with E-state index in [1.54, 1.807) is 0 Å². The van der Waals surface area contributed by atoms with Crippen LogP contribution in [0.4, 0.5) is 0 Å². The number of hydrogen-bond acceptors (Lipinski definition) is 3. The molecule has 0 bridgehead atoms. The molecule has 0 amide bonds. The zero-order chi connectivity index (χ0) is 4.99. The van der Waals surface area contributed by atoms with Crippen LogP contribution in [-0.2, 0) is 0 Å². The summed E-state index contributed by atoms with van der Waals surface area (Å²) in [4.78, 5) is 0. The van der Waals surface area contributed by atoms with Crippen LogP contribution >= 0.6 is 0 Å². The van der Waals surface area contributed by atoms with Crippen LogP contribution in [0.2, 0.25) is 0 Å². The van der Waals surface area contributed by atoms with Gasteiger partial charge in [-0.3, -0.25) is 0 Å². The summed E-state index contributed by atoms with van der Waals surface area (Å²) >= 11 is 0. The summed E-state index contributed by atoms with van der Waals surface area (Å²) in [5, 5.41) is 18.4.